The fourth-order valence-corrected chi connectivity index (χ4v) is 2.50. The maximum Gasteiger partial charge on any atom is 0.222 e. The molecular formula is C16H25ClN2O. The van der Waals surface area contributed by atoms with Crippen LogP contribution in [0.25, 0.3) is 0 Å². The van der Waals surface area contributed by atoms with Crippen molar-refractivity contribution in [1.29, 1.82) is 0 Å². The Labute approximate surface area is 127 Å². The average molecular weight is 297 g/mol. The van der Waals surface area contributed by atoms with Crippen molar-refractivity contribution >= 4 is 17.5 Å². The van der Waals surface area contributed by atoms with Gasteiger partial charge in [-0.3, -0.25) is 4.79 Å². The van der Waals surface area contributed by atoms with Crippen molar-refractivity contribution in [3.05, 3.63) is 34.9 Å². The van der Waals surface area contributed by atoms with E-state index in [-0.39, 0.29) is 11.8 Å². The van der Waals surface area contributed by atoms with Crippen molar-refractivity contribution in [2.75, 3.05) is 13.6 Å². The third-order valence-electron chi connectivity index (χ3n) is 3.39. The summed E-state index contributed by atoms with van der Waals surface area (Å²) in [7, 11) is 1.81. The van der Waals surface area contributed by atoms with Gasteiger partial charge in [0.05, 0.1) is 0 Å². The maximum absolute atomic E-state index is 12.2. The zero-order chi connectivity index (χ0) is 15.1. The fraction of sp³-hybridized carbons (Fsp3) is 0.562. The van der Waals surface area contributed by atoms with Gasteiger partial charge >= 0.3 is 0 Å². The molecule has 0 aliphatic heterocycles. The minimum absolute atomic E-state index is 0.126. The molecule has 112 valence electrons. The molecule has 4 heteroatoms. The van der Waals surface area contributed by atoms with Crippen LogP contribution in [0.4, 0.5) is 0 Å². The smallest absolute Gasteiger partial charge is 0.222 e. The molecule has 0 spiro atoms. The highest BCUT2D eigenvalue weighted by Crippen LogP contribution is 2.19. The van der Waals surface area contributed by atoms with Crippen molar-refractivity contribution in [2.45, 2.75) is 33.2 Å². The van der Waals surface area contributed by atoms with E-state index in [9.17, 15) is 4.79 Å². The highest BCUT2D eigenvalue weighted by Gasteiger charge is 2.17. The largest absolute Gasteiger partial charge is 0.341 e. The molecular weight excluding hydrogens is 272 g/mol. The Bertz CT molecular complexity index is 434. The van der Waals surface area contributed by atoms with E-state index in [0.717, 1.165) is 12.0 Å². The first-order chi connectivity index (χ1) is 9.43. The summed E-state index contributed by atoms with van der Waals surface area (Å²) in [4.78, 5) is 14.0. The molecule has 0 fully saturated rings. The topological polar surface area (TPSA) is 46.3 Å². The lowest BCUT2D eigenvalue weighted by molar-refractivity contribution is -0.131. The Balaban J connectivity index is 2.56. The lowest BCUT2D eigenvalue weighted by Crippen LogP contribution is -2.30. The van der Waals surface area contributed by atoms with Gasteiger partial charge in [0.1, 0.15) is 0 Å². The summed E-state index contributed by atoms with van der Waals surface area (Å²) in [5, 5.41) is 0.699. The van der Waals surface area contributed by atoms with Crippen LogP contribution in [-0.2, 0) is 11.3 Å². The van der Waals surface area contributed by atoms with Gasteiger partial charge in [0.2, 0.25) is 5.91 Å². The predicted octanol–water partition coefficient (Wildman–Crippen LogP) is 3.31. The first-order valence-electron chi connectivity index (χ1n) is 7.11. The van der Waals surface area contributed by atoms with E-state index in [1.807, 2.05) is 31.3 Å². The second-order valence-electron chi connectivity index (χ2n) is 5.78. The van der Waals surface area contributed by atoms with Gasteiger partial charge < -0.3 is 10.6 Å². The zero-order valence-electron chi connectivity index (χ0n) is 12.6. The van der Waals surface area contributed by atoms with Gasteiger partial charge in [-0.25, -0.2) is 0 Å². The summed E-state index contributed by atoms with van der Waals surface area (Å²) < 4.78 is 0. The Morgan fingerprint density at radius 1 is 1.35 bits per heavy atom. The van der Waals surface area contributed by atoms with Crippen molar-refractivity contribution in [3.8, 4) is 0 Å². The summed E-state index contributed by atoms with van der Waals surface area (Å²) in [5.74, 6) is 0.947. The van der Waals surface area contributed by atoms with Crippen LogP contribution in [0.1, 0.15) is 32.3 Å². The Kier molecular flexibility index (Phi) is 7.03. The number of nitrogens with two attached hydrogens (primary N) is 1. The van der Waals surface area contributed by atoms with Gasteiger partial charge in [-0.15, -0.1) is 0 Å². The van der Waals surface area contributed by atoms with Crippen molar-refractivity contribution in [3.63, 3.8) is 0 Å². The summed E-state index contributed by atoms with van der Waals surface area (Å²) in [5.41, 5.74) is 6.72. The van der Waals surface area contributed by atoms with Crippen molar-refractivity contribution in [1.82, 2.24) is 4.90 Å². The summed E-state index contributed by atoms with van der Waals surface area (Å²) in [6.45, 7) is 5.41. The van der Waals surface area contributed by atoms with Crippen LogP contribution < -0.4 is 5.73 Å². The van der Waals surface area contributed by atoms with E-state index in [0.29, 0.717) is 30.5 Å². The third kappa shape index (κ3) is 5.51. The summed E-state index contributed by atoms with van der Waals surface area (Å²) in [6.07, 6.45) is 1.50. The number of nitrogens with zero attached hydrogens (tertiary/aromatic N) is 1. The van der Waals surface area contributed by atoms with Crippen LogP contribution in [0, 0.1) is 11.8 Å². The normalized spacial score (nSPS) is 12.5. The van der Waals surface area contributed by atoms with E-state index in [1.54, 1.807) is 4.90 Å². The predicted molar refractivity (Wildman–Crippen MR) is 84.5 cm³/mol. The number of carbonyl (C=O) groups is 1. The minimum atomic E-state index is 0.126. The van der Waals surface area contributed by atoms with Gasteiger partial charge in [-0.05, 0) is 36.4 Å². The number of benzene rings is 1. The number of rotatable bonds is 7. The Hall–Kier alpha value is -1.06. The molecule has 3 nitrogen and oxygen atoms in total. The highest BCUT2D eigenvalue weighted by molar-refractivity contribution is 6.31. The van der Waals surface area contributed by atoms with Gasteiger partial charge in [-0.1, -0.05) is 43.6 Å². The first kappa shape index (κ1) is 17.0. The van der Waals surface area contributed by atoms with E-state index in [4.69, 9.17) is 17.3 Å². The maximum atomic E-state index is 12.2. The number of hydrogen-bond donors (Lipinski definition) is 1. The number of hydrogen-bond acceptors (Lipinski definition) is 2. The molecule has 0 heterocycles. The lowest BCUT2D eigenvalue weighted by Gasteiger charge is -2.22. The fourth-order valence-electron chi connectivity index (χ4n) is 2.30. The van der Waals surface area contributed by atoms with E-state index < -0.39 is 0 Å². The van der Waals surface area contributed by atoms with Crippen LogP contribution in [0.5, 0.6) is 0 Å². The minimum Gasteiger partial charge on any atom is -0.341 e. The van der Waals surface area contributed by atoms with Crippen LogP contribution in [0.3, 0.4) is 0 Å². The molecule has 1 aromatic carbocycles. The molecule has 1 atom stereocenters. The second kappa shape index (κ2) is 8.28. The molecule has 2 N–H and O–H groups in total. The molecule has 1 aromatic rings. The van der Waals surface area contributed by atoms with Crippen LogP contribution in [0.2, 0.25) is 5.02 Å². The molecule has 0 radical (unpaired) electrons. The summed E-state index contributed by atoms with van der Waals surface area (Å²) in [6, 6.07) is 7.61. The van der Waals surface area contributed by atoms with Gasteiger partial charge in [-0.2, -0.15) is 0 Å². The molecule has 0 aliphatic rings. The standard InChI is InChI=1S/C16H25ClN2O/c1-12(2)8-13(10-18)9-16(20)19(3)11-14-6-4-5-7-15(14)17/h4-7,12-13H,8-11,18H2,1-3H3. The van der Waals surface area contributed by atoms with Crippen LogP contribution in [-0.4, -0.2) is 24.4 Å². The Morgan fingerprint density at radius 2 is 2.00 bits per heavy atom. The van der Waals surface area contributed by atoms with Crippen LogP contribution in [0.15, 0.2) is 24.3 Å². The van der Waals surface area contributed by atoms with Gasteiger partial charge in [0.25, 0.3) is 0 Å². The lowest BCUT2D eigenvalue weighted by atomic mass is 9.94. The summed E-state index contributed by atoms with van der Waals surface area (Å²) >= 11 is 6.12. The molecule has 1 rings (SSSR count). The quantitative estimate of drug-likeness (QED) is 0.839. The SMILES string of the molecule is CC(C)CC(CN)CC(=O)N(C)Cc1ccccc1Cl. The molecule has 0 saturated carbocycles. The number of amides is 1. The molecule has 0 saturated heterocycles. The average Bonchev–Trinajstić information content (AvgIpc) is 2.39. The molecule has 1 amide bonds. The van der Waals surface area contributed by atoms with Crippen LogP contribution >= 0.6 is 11.6 Å². The van der Waals surface area contributed by atoms with Crippen molar-refractivity contribution in [2.24, 2.45) is 17.6 Å². The number of carbonyl (C=O) groups excluding carboxylic acids is 1. The Morgan fingerprint density at radius 3 is 2.55 bits per heavy atom. The van der Waals surface area contributed by atoms with Gasteiger partial charge in [0, 0.05) is 25.0 Å². The molecule has 0 aliphatic carbocycles. The number of halogens is 1. The molecule has 1 unspecified atom stereocenters. The third-order valence-corrected chi connectivity index (χ3v) is 3.76. The molecule has 0 aromatic heterocycles. The second-order valence-corrected chi connectivity index (χ2v) is 6.18. The van der Waals surface area contributed by atoms with Crippen molar-refractivity contribution < 1.29 is 4.79 Å². The molecule has 0 bridgehead atoms. The molecule has 20 heavy (non-hydrogen) atoms. The van der Waals surface area contributed by atoms with E-state index in [2.05, 4.69) is 13.8 Å². The first-order valence-corrected chi connectivity index (χ1v) is 7.49. The van der Waals surface area contributed by atoms with Gasteiger partial charge in [0.15, 0.2) is 0 Å². The van der Waals surface area contributed by atoms with E-state index >= 15 is 0 Å². The highest BCUT2D eigenvalue weighted by atomic mass is 35.5. The monoisotopic (exact) mass is 296 g/mol. The zero-order valence-corrected chi connectivity index (χ0v) is 13.4. The van der Waals surface area contributed by atoms with E-state index in [1.165, 1.54) is 0 Å².